The van der Waals surface area contributed by atoms with Crippen molar-refractivity contribution in [1.82, 2.24) is 0 Å². The van der Waals surface area contributed by atoms with Gasteiger partial charge in [-0.25, -0.2) is 0 Å². The number of hydrogen-bond donors (Lipinski definition) is 0. The SMILES string of the molecule is C.C.CC.CCC.C[C@@H]1C[C@@H]2[C@H](C[C@H]1C)C2(C)C. The molecule has 0 aromatic rings. The van der Waals surface area contributed by atoms with E-state index in [1.165, 1.54) is 19.3 Å². The second-order valence-electron chi connectivity index (χ2n) is 6.17. The van der Waals surface area contributed by atoms with Gasteiger partial charge in [0.15, 0.2) is 0 Å². The van der Waals surface area contributed by atoms with Crippen molar-refractivity contribution in [3.8, 4) is 0 Å². The van der Waals surface area contributed by atoms with Gasteiger partial charge in [-0.05, 0) is 41.9 Å². The van der Waals surface area contributed by atoms with E-state index in [-0.39, 0.29) is 14.9 Å². The van der Waals surface area contributed by atoms with E-state index in [1.807, 2.05) is 13.8 Å². The van der Waals surface area contributed by atoms with Crippen LogP contribution in [0.3, 0.4) is 0 Å². The van der Waals surface area contributed by atoms with Crippen LogP contribution in [-0.2, 0) is 0 Å². The Labute approximate surface area is 119 Å². The molecule has 2 fully saturated rings. The number of fused-ring (bicyclic) bond motifs is 1. The number of hydrogen-bond acceptors (Lipinski definition) is 0. The van der Waals surface area contributed by atoms with Gasteiger partial charge in [0.05, 0.1) is 0 Å². The lowest BCUT2D eigenvalue weighted by Crippen LogP contribution is -2.14. The van der Waals surface area contributed by atoms with Crippen LogP contribution in [0.2, 0.25) is 0 Å². The lowest BCUT2D eigenvalue weighted by molar-refractivity contribution is 0.265. The molecule has 0 spiro atoms. The Kier molecular flexibility index (Phi) is 12.7. The molecule has 0 heteroatoms. The molecule has 0 aromatic carbocycles. The Hall–Kier alpha value is 0. The summed E-state index contributed by atoms with van der Waals surface area (Å²) in [5.74, 6) is 4.12. The van der Waals surface area contributed by atoms with Gasteiger partial charge in [-0.15, -0.1) is 0 Å². The minimum atomic E-state index is 0. The standard InChI is InChI=1S/C11H20.C3H8.C2H6.2CH4/c1-7-5-9-10(6-8(7)2)11(9,3)4;1-3-2;1-2;;/h7-10H,5-6H2,1-4H3;3H2,1-2H3;1-2H3;2*1H4/t7-,8-,9-,10+;;;;/m1..../s1. The largest absolute Gasteiger partial charge is 0.0776 e. The summed E-state index contributed by atoms with van der Waals surface area (Å²) in [5.41, 5.74) is 0.707. The van der Waals surface area contributed by atoms with Crippen molar-refractivity contribution in [3.63, 3.8) is 0 Å². The summed E-state index contributed by atoms with van der Waals surface area (Å²) in [4.78, 5) is 0. The minimum Gasteiger partial charge on any atom is -0.0776 e. The quantitative estimate of drug-likeness (QED) is 0.437. The summed E-state index contributed by atoms with van der Waals surface area (Å²) in [5, 5.41) is 0. The zero-order valence-electron chi connectivity index (χ0n) is 12.9. The molecular weight excluding hydrogens is 216 g/mol. The topological polar surface area (TPSA) is 0 Å². The molecule has 2 saturated carbocycles. The van der Waals surface area contributed by atoms with Crippen molar-refractivity contribution in [2.45, 2.75) is 89.5 Å². The maximum Gasteiger partial charge on any atom is -0.0292 e. The molecule has 2 rings (SSSR count). The zero-order valence-corrected chi connectivity index (χ0v) is 12.9. The van der Waals surface area contributed by atoms with Gasteiger partial charge >= 0.3 is 0 Å². The van der Waals surface area contributed by atoms with Crippen LogP contribution in [0.25, 0.3) is 0 Å². The van der Waals surface area contributed by atoms with Crippen molar-refractivity contribution in [2.75, 3.05) is 0 Å². The van der Waals surface area contributed by atoms with Crippen molar-refractivity contribution in [1.29, 1.82) is 0 Å². The van der Waals surface area contributed by atoms with Crippen LogP contribution in [0.4, 0.5) is 0 Å². The first-order valence-electron chi connectivity index (χ1n) is 7.45. The van der Waals surface area contributed by atoms with Crippen LogP contribution in [0.15, 0.2) is 0 Å². The lowest BCUT2D eigenvalue weighted by Gasteiger charge is -2.24. The summed E-state index contributed by atoms with van der Waals surface area (Å²) in [7, 11) is 0. The van der Waals surface area contributed by atoms with Gasteiger partial charge in [0.2, 0.25) is 0 Å². The molecule has 114 valence electrons. The van der Waals surface area contributed by atoms with Crippen molar-refractivity contribution < 1.29 is 0 Å². The maximum atomic E-state index is 2.45. The maximum absolute atomic E-state index is 2.45. The van der Waals surface area contributed by atoms with E-state index in [9.17, 15) is 0 Å². The smallest absolute Gasteiger partial charge is 0.0292 e. The van der Waals surface area contributed by atoms with Crippen LogP contribution in [0.1, 0.15) is 89.5 Å². The summed E-state index contributed by atoms with van der Waals surface area (Å²) in [6, 6.07) is 0. The van der Waals surface area contributed by atoms with Crippen molar-refractivity contribution in [2.24, 2.45) is 29.1 Å². The summed E-state index contributed by atoms with van der Waals surface area (Å²) in [6.07, 6.45) is 4.25. The van der Waals surface area contributed by atoms with Gasteiger partial charge in [0, 0.05) is 0 Å². The Balaban J connectivity index is -0.000000287. The predicted octanol–water partition coefficient (Wildman–Crippen LogP) is 7.04. The highest BCUT2D eigenvalue weighted by molar-refractivity contribution is 5.08. The third-order valence-corrected chi connectivity index (χ3v) is 4.51. The molecule has 0 unspecified atom stereocenters. The molecule has 0 aliphatic heterocycles. The minimum absolute atomic E-state index is 0. The first-order chi connectivity index (χ1) is 7.45. The van der Waals surface area contributed by atoms with E-state index in [1.54, 1.807) is 0 Å². The van der Waals surface area contributed by atoms with Gasteiger partial charge in [-0.3, -0.25) is 0 Å². The van der Waals surface area contributed by atoms with E-state index in [2.05, 4.69) is 41.5 Å². The fourth-order valence-electron chi connectivity index (χ4n) is 3.06. The van der Waals surface area contributed by atoms with Gasteiger partial charge in [0.25, 0.3) is 0 Å². The van der Waals surface area contributed by atoms with Crippen molar-refractivity contribution >= 4 is 0 Å². The molecule has 0 saturated heterocycles. The van der Waals surface area contributed by atoms with Crippen LogP contribution >= 0.6 is 0 Å². The molecular formula is C18H42. The monoisotopic (exact) mass is 258 g/mol. The highest BCUT2D eigenvalue weighted by Crippen LogP contribution is 2.66. The Morgan fingerprint density at radius 2 is 1.06 bits per heavy atom. The van der Waals surface area contributed by atoms with Gasteiger partial charge < -0.3 is 0 Å². The molecule has 18 heavy (non-hydrogen) atoms. The predicted molar refractivity (Wildman–Crippen MR) is 89.1 cm³/mol. The molecule has 0 aromatic heterocycles. The van der Waals surface area contributed by atoms with Gasteiger partial charge in [-0.2, -0.15) is 0 Å². The first-order valence-corrected chi connectivity index (χ1v) is 7.45. The Morgan fingerprint density at radius 3 is 1.28 bits per heavy atom. The molecule has 2 aliphatic carbocycles. The van der Waals surface area contributed by atoms with Crippen LogP contribution in [0, 0.1) is 29.1 Å². The molecule has 0 radical (unpaired) electrons. The molecule has 0 N–H and O–H groups in total. The average Bonchev–Trinajstić information content (AvgIpc) is 2.74. The van der Waals surface area contributed by atoms with E-state index < -0.39 is 0 Å². The van der Waals surface area contributed by atoms with E-state index in [0.29, 0.717) is 5.41 Å². The fourth-order valence-corrected chi connectivity index (χ4v) is 3.06. The highest BCUT2D eigenvalue weighted by Gasteiger charge is 2.59. The first kappa shape index (κ1) is 23.1. The second kappa shape index (κ2) is 9.87. The molecule has 2 aliphatic rings. The zero-order chi connectivity index (χ0) is 12.9. The van der Waals surface area contributed by atoms with E-state index >= 15 is 0 Å². The van der Waals surface area contributed by atoms with Crippen LogP contribution < -0.4 is 0 Å². The van der Waals surface area contributed by atoms with Gasteiger partial charge in [0.1, 0.15) is 0 Å². The third kappa shape index (κ3) is 5.33. The molecule has 0 amide bonds. The molecule has 0 nitrogen and oxygen atoms in total. The lowest BCUT2D eigenvalue weighted by atomic mass is 9.82. The summed E-state index contributed by atoms with van der Waals surface area (Å²) in [6.45, 7) is 18.0. The van der Waals surface area contributed by atoms with E-state index in [0.717, 1.165) is 23.7 Å². The fraction of sp³-hybridized carbons (Fsp3) is 1.00. The summed E-state index contributed by atoms with van der Waals surface area (Å²) < 4.78 is 0. The van der Waals surface area contributed by atoms with Crippen LogP contribution in [0.5, 0.6) is 0 Å². The van der Waals surface area contributed by atoms with Crippen molar-refractivity contribution in [3.05, 3.63) is 0 Å². The highest BCUT2D eigenvalue weighted by atomic mass is 14.6. The molecule has 0 heterocycles. The Morgan fingerprint density at radius 1 is 0.833 bits per heavy atom. The third-order valence-electron chi connectivity index (χ3n) is 4.51. The second-order valence-corrected chi connectivity index (χ2v) is 6.17. The van der Waals surface area contributed by atoms with Crippen LogP contribution in [-0.4, -0.2) is 0 Å². The summed E-state index contributed by atoms with van der Waals surface area (Å²) >= 11 is 0. The van der Waals surface area contributed by atoms with Gasteiger partial charge in [-0.1, -0.05) is 76.7 Å². The average molecular weight is 259 g/mol. The number of rotatable bonds is 0. The normalized spacial score (nSPS) is 34.0. The Bertz CT molecular complexity index is 162. The van der Waals surface area contributed by atoms with E-state index in [4.69, 9.17) is 0 Å². The molecule has 4 atom stereocenters. The molecule has 0 bridgehead atoms.